The van der Waals surface area contributed by atoms with Gasteiger partial charge in [-0.3, -0.25) is 9.69 Å². The summed E-state index contributed by atoms with van der Waals surface area (Å²) in [6, 6.07) is 0. The predicted octanol–water partition coefficient (Wildman–Crippen LogP) is 0.683. The zero-order chi connectivity index (χ0) is 9.10. The van der Waals surface area contributed by atoms with Gasteiger partial charge < -0.3 is 5.32 Å². The lowest BCUT2D eigenvalue weighted by molar-refractivity contribution is -0.122. The van der Waals surface area contributed by atoms with Crippen molar-refractivity contribution < 1.29 is 4.79 Å². The quantitative estimate of drug-likeness (QED) is 0.740. The van der Waals surface area contributed by atoms with E-state index < -0.39 is 0 Å². The minimum absolute atomic E-state index is 0. The average molecular weight is 219 g/mol. The van der Waals surface area contributed by atoms with Crippen molar-refractivity contribution in [3.8, 4) is 0 Å². The fourth-order valence-electron chi connectivity index (χ4n) is 2.30. The van der Waals surface area contributed by atoms with Gasteiger partial charge in [-0.1, -0.05) is 0 Å². The Kier molecular flexibility index (Phi) is 4.85. The van der Waals surface area contributed by atoms with Crippen molar-refractivity contribution >= 4 is 18.2 Å². The van der Waals surface area contributed by atoms with E-state index >= 15 is 0 Å². The molecule has 0 saturated carbocycles. The Morgan fingerprint density at radius 2 is 2.36 bits per heavy atom. The number of carbonyl (C=O) groups excluding carboxylic acids is 1. The minimum atomic E-state index is 0. The first-order valence-electron chi connectivity index (χ1n) is 5.29. The summed E-state index contributed by atoms with van der Waals surface area (Å²) in [5.74, 6) is 1.21. The monoisotopic (exact) mass is 218 g/mol. The number of nitrogens with zero attached hydrogens (tertiary/aromatic N) is 1. The van der Waals surface area contributed by atoms with Crippen LogP contribution in [0.1, 0.15) is 19.3 Å². The van der Waals surface area contributed by atoms with Crippen LogP contribution in [0.2, 0.25) is 0 Å². The second-order valence-electron chi connectivity index (χ2n) is 4.24. The second-order valence-corrected chi connectivity index (χ2v) is 4.24. The molecule has 4 heteroatoms. The van der Waals surface area contributed by atoms with E-state index in [0.29, 0.717) is 12.3 Å². The zero-order valence-corrected chi connectivity index (χ0v) is 9.31. The lowest BCUT2D eigenvalue weighted by Crippen LogP contribution is -2.39. The smallest absolute Gasteiger partial charge is 0.146 e. The number of nitrogens with one attached hydrogen (secondary N) is 1. The number of halogens is 1. The van der Waals surface area contributed by atoms with Crippen LogP contribution in [-0.4, -0.2) is 43.4 Å². The van der Waals surface area contributed by atoms with Gasteiger partial charge in [0.05, 0.1) is 6.54 Å². The summed E-state index contributed by atoms with van der Waals surface area (Å²) in [6.07, 6.45) is 3.16. The third-order valence-corrected chi connectivity index (χ3v) is 3.01. The number of Topliss-reactive ketones (excluding diaryl/α,β-unsaturated/α-hetero) is 1. The lowest BCUT2D eigenvalue weighted by Gasteiger charge is -2.27. The molecule has 2 heterocycles. The number of likely N-dealkylation sites (tertiary alicyclic amines) is 1. The molecule has 2 aliphatic rings. The Morgan fingerprint density at radius 1 is 1.50 bits per heavy atom. The van der Waals surface area contributed by atoms with E-state index in [0.717, 1.165) is 44.9 Å². The number of rotatable bonds is 2. The van der Waals surface area contributed by atoms with Gasteiger partial charge >= 0.3 is 0 Å². The Hall–Kier alpha value is -0.120. The molecule has 0 spiro atoms. The molecule has 3 nitrogen and oxygen atoms in total. The molecule has 82 valence electrons. The summed E-state index contributed by atoms with van der Waals surface area (Å²) in [5, 5.41) is 3.36. The van der Waals surface area contributed by atoms with Gasteiger partial charge in [-0.2, -0.15) is 0 Å². The van der Waals surface area contributed by atoms with Crippen LogP contribution in [0.3, 0.4) is 0 Å². The molecule has 2 aliphatic heterocycles. The highest BCUT2D eigenvalue weighted by atomic mass is 35.5. The van der Waals surface area contributed by atoms with Gasteiger partial charge in [0.2, 0.25) is 0 Å². The lowest BCUT2D eigenvalue weighted by atomic mass is 10.1. The van der Waals surface area contributed by atoms with Crippen molar-refractivity contribution in [1.29, 1.82) is 0 Å². The Balaban J connectivity index is 0.000000980. The van der Waals surface area contributed by atoms with Crippen molar-refractivity contribution in [2.45, 2.75) is 19.3 Å². The van der Waals surface area contributed by atoms with Gasteiger partial charge in [0, 0.05) is 13.0 Å². The largest absolute Gasteiger partial charge is 0.316 e. The van der Waals surface area contributed by atoms with Crippen molar-refractivity contribution in [3.63, 3.8) is 0 Å². The summed E-state index contributed by atoms with van der Waals surface area (Å²) >= 11 is 0. The zero-order valence-electron chi connectivity index (χ0n) is 8.50. The highest BCUT2D eigenvalue weighted by Crippen LogP contribution is 2.13. The van der Waals surface area contributed by atoms with Crippen LogP contribution < -0.4 is 5.32 Å². The predicted molar refractivity (Wildman–Crippen MR) is 58.9 cm³/mol. The number of hydrogen-bond acceptors (Lipinski definition) is 3. The van der Waals surface area contributed by atoms with Crippen LogP contribution in [0.25, 0.3) is 0 Å². The van der Waals surface area contributed by atoms with Crippen molar-refractivity contribution in [2.75, 3.05) is 32.7 Å². The molecule has 1 N–H and O–H groups in total. The normalized spacial score (nSPS) is 28.9. The first kappa shape index (κ1) is 12.0. The molecular weight excluding hydrogens is 200 g/mol. The molecule has 0 radical (unpaired) electrons. The first-order valence-corrected chi connectivity index (χ1v) is 5.29. The maximum absolute atomic E-state index is 11.2. The van der Waals surface area contributed by atoms with Gasteiger partial charge in [-0.05, 0) is 38.4 Å². The number of ketones is 1. The Bertz CT molecular complexity index is 193. The molecule has 0 amide bonds. The van der Waals surface area contributed by atoms with Gasteiger partial charge in [-0.15, -0.1) is 12.4 Å². The van der Waals surface area contributed by atoms with Crippen LogP contribution in [-0.2, 0) is 4.79 Å². The molecule has 1 atom stereocenters. The number of piperidine rings is 1. The fourth-order valence-corrected chi connectivity index (χ4v) is 2.30. The minimum Gasteiger partial charge on any atom is -0.316 e. The number of carbonyl (C=O) groups is 1. The van der Waals surface area contributed by atoms with Gasteiger partial charge in [0.1, 0.15) is 5.78 Å². The second kappa shape index (κ2) is 5.69. The number of hydrogen-bond donors (Lipinski definition) is 1. The summed E-state index contributed by atoms with van der Waals surface area (Å²) in [6.45, 7) is 5.26. The van der Waals surface area contributed by atoms with Crippen molar-refractivity contribution in [2.24, 2.45) is 5.92 Å². The van der Waals surface area contributed by atoms with Crippen molar-refractivity contribution in [3.05, 3.63) is 0 Å². The van der Waals surface area contributed by atoms with Gasteiger partial charge in [0.25, 0.3) is 0 Å². The molecule has 0 aromatic carbocycles. The molecular formula is C10H19ClN2O. The molecule has 1 unspecified atom stereocenters. The molecule has 0 aliphatic carbocycles. The van der Waals surface area contributed by atoms with Gasteiger partial charge in [-0.25, -0.2) is 0 Å². The average Bonchev–Trinajstić information content (AvgIpc) is 2.57. The topological polar surface area (TPSA) is 32.3 Å². The summed E-state index contributed by atoms with van der Waals surface area (Å²) < 4.78 is 0. The van der Waals surface area contributed by atoms with E-state index in [2.05, 4.69) is 10.2 Å². The Morgan fingerprint density at radius 3 is 3.00 bits per heavy atom. The summed E-state index contributed by atoms with van der Waals surface area (Å²) in [5.41, 5.74) is 0. The summed E-state index contributed by atoms with van der Waals surface area (Å²) in [7, 11) is 0. The third kappa shape index (κ3) is 3.23. The third-order valence-electron chi connectivity index (χ3n) is 3.01. The molecule has 0 bridgehead atoms. The molecule has 2 rings (SSSR count). The molecule has 2 fully saturated rings. The maximum Gasteiger partial charge on any atom is 0.146 e. The van der Waals surface area contributed by atoms with E-state index in [-0.39, 0.29) is 12.4 Å². The van der Waals surface area contributed by atoms with E-state index in [1.54, 1.807) is 0 Å². The fraction of sp³-hybridized carbons (Fsp3) is 0.900. The van der Waals surface area contributed by atoms with E-state index in [1.165, 1.54) is 6.42 Å². The Labute approximate surface area is 91.6 Å². The van der Waals surface area contributed by atoms with Crippen molar-refractivity contribution in [1.82, 2.24) is 10.2 Å². The van der Waals surface area contributed by atoms with Crippen LogP contribution in [0.15, 0.2) is 0 Å². The highest BCUT2D eigenvalue weighted by molar-refractivity contribution is 5.85. The van der Waals surface area contributed by atoms with E-state index in [4.69, 9.17) is 0 Å². The van der Waals surface area contributed by atoms with Crippen LogP contribution in [0, 0.1) is 5.92 Å². The molecule has 0 aromatic rings. The van der Waals surface area contributed by atoms with Gasteiger partial charge in [0.15, 0.2) is 0 Å². The molecule has 14 heavy (non-hydrogen) atoms. The SMILES string of the molecule is Cl.O=C1CCCN(CC2CCNC2)C1. The van der Waals surface area contributed by atoms with Crippen LogP contribution in [0.5, 0.6) is 0 Å². The highest BCUT2D eigenvalue weighted by Gasteiger charge is 2.22. The van der Waals surface area contributed by atoms with E-state index in [1.807, 2.05) is 0 Å². The molecule has 2 saturated heterocycles. The van der Waals surface area contributed by atoms with Crippen LogP contribution >= 0.6 is 12.4 Å². The first-order chi connectivity index (χ1) is 6.34. The maximum atomic E-state index is 11.2. The summed E-state index contributed by atoms with van der Waals surface area (Å²) in [4.78, 5) is 13.5. The van der Waals surface area contributed by atoms with Crippen LogP contribution in [0.4, 0.5) is 0 Å². The van der Waals surface area contributed by atoms with E-state index in [9.17, 15) is 4.79 Å². The molecule has 0 aromatic heterocycles. The standard InChI is InChI=1S/C10H18N2O.ClH/c13-10-2-1-5-12(8-10)7-9-3-4-11-6-9;/h9,11H,1-8H2;1H.